The molecule has 1 aromatic heterocycles. The second kappa shape index (κ2) is 5.73. The molecule has 0 unspecified atom stereocenters. The molecule has 0 saturated heterocycles. The van der Waals surface area contributed by atoms with Crippen LogP contribution in [0.25, 0.3) is 0 Å². The molecule has 5 heteroatoms. The molecule has 1 N–H and O–H groups in total. The Hall–Kier alpha value is -0.480. The van der Waals surface area contributed by atoms with Gasteiger partial charge in [-0.2, -0.15) is 11.8 Å². The Kier molecular flexibility index (Phi) is 4.29. The van der Waals surface area contributed by atoms with E-state index in [0.29, 0.717) is 17.0 Å². The molecule has 3 nitrogen and oxygen atoms in total. The summed E-state index contributed by atoms with van der Waals surface area (Å²) in [5, 5.41) is 4.78. The van der Waals surface area contributed by atoms with Gasteiger partial charge in [-0.3, -0.25) is 0 Å². The monoisotopic (exact) mass is 257 g/mol. The van der Waals surface area contributed by atoms with E-state index < -0.39 is 0 Å². The number of thioether (sulfide) groups is 1. The second-order valence-corrected chi connectivity index (χ2v) is 5.65. The highest BCUT2D eigenvalue weighted by Gasteiger charge is 2.20. The molecule has 0 spiro atoms. The third kappa shape index (κ3) is 3.25. The van der Waals surface area contributed by atoms with Crippen molar-refractivity contribution in [2.24, 2.45) is 0 Å². The van der Waals surface area contributed by atoms with E-state index in [4.69, 9.17) is 11.6 Å². The van der Waals surface area contributed by atoms with E-state index in [1.165, 1.54) is 25.7 Å². The molecular weight excluding hydrogens is 242 g/mol. The van der Waals surface area contributed by atoms with Gasteiger partial charge in [0.2, 0.25) is 5.95 Å². The predicted molar refractivity (Wildman–Crippen MR) is 70.2 cm³/mol. The van der Waals surface area contributed by atoms with Gasteiger partial charge in [-0.25, -0.2) is 9.97 Å². The fraction of sp³-hybridized carbons (Fsp3) is 0.636. The van der Waals surface area contributed by atoms with Crippen molar-refractivity contribution in [3.63, 3.8) is 0 Å². The van der Waals surface area contributed by atoms with Gasteiger partial charge in [-0.15, -0.1) is 0 Å². The summed E-state index contributed by atoms with van der Waals surface area (Å²) in [5.74, 6) is 0.692. The Morgan fingerprint density at radius 2 is 1.88 bits per heavy atom. The largest absolute Gasteiger partial charge is 0.351 e. The van der Waals surface area contributed by atoms with Crippen LogP contribution in [0.2, 0.25) is 5.02 Å². The zero-order chi connectivity index (χ0) is 11.4. The molecule has 0 atom stereocenters. The first-order valence-corrected chi connectivity index (χ1v) is 7.21. The van der Waals surface area contributed by atoms with E-state index >= 15 is 0 Å². The SMILES string of the molecule is CSC1CCC(Nc2ncc(Cl)cn2)CC1. The minimum Gasteiger partial charge on any atom is -0.351 e. The maximum atomic E-state index is 5.74. The van der Waals surface area contributed by atoms with Crippen LogP contribution in [0.5, 0.6) is 0 Å². The summed E-state index contributed by atoms with van der Waals surface area (Å²) < 4.78 is 0. The van der Waals surface area contributed by atoms with Crippen molar-refractivity contribution in [1.82, 2.24) is 9.97 Å². The minimum absolute atomic E-state index is 0.518. The number of nitrogens with zero attached hydrogens (tertiary/aromatic N) is 2. The van der Waals surface area contributed by atoms with Gasteiger partial charge in [0.05, 0.1) is 17.4 Å². The number of rotatable bonds is 3. The lowest BCUT2D eigenvalue weighted by Gasteiger charge is -2.27. The lowest BCUT2D eigenvalue weighted by atomic mass is 9.95. The van der Waals surface area contributed by atoms with Crippen molar-refractivity contribution in [3.8, 4) is 0 Å². The van der Waals surface area contributed by atoms with Crippen molar-refractivity contribution < 1.29 is 0 Å². The standard InChI is InChI=1S/C11H16ClN3S/c1-16-10-4-2-9(3-5-10)15-11-13-6-8(12)7-14-11/h6-7,9-10H,2-5H2,1H3,(H,13,14,15). The first-order chi connectivity index (χ1) is 7.78. The quantitative estimate of drug-likeness (QED) is 0.902. The van der Waals surface area contributed by atoms with Crippen molar-refractivity contribution in [1.29, 1.82) is 0 Å². The van der Waals surface area contributed by atoms with Gasteiger partial charge >= 0.3 is 0 Å². The summed E-state index contributed by atoms with van der Waals surface area (Å²) in [4.78, 5) is 8.30. The van der Waals surface area contributed by atoms with Crippen molar-refractivity contribution in [2.75, 3.05) is 11.6 Å². The fourth-order valence-corrected chi connectivity index (χ4v) is 2.85. The molecular formula is C11H16ClN3S. The topological polar surface area (TPSA) is 37.8 Å². The number of nitrogens with one attached hydrogen (secondary N) is 1. The summed E-state index contributed by atoms with van der Waals surface area (Å²) in [6, 6.07) is 0.518. The Labute approximate surface area is 105 Å². The molecule has 0 aliphatic heterocycles. The highest BCUT2D eigenvalue weighted by Crippen LogP contribution is 2.28. The van der Waals surface area contributed by atoms with E-state index in [-0.39, 0.29) is 0 Å². The van der Waals surface area contributed by atoms with Crippen LogP contribution in [0.1, 0.15) is 25.7 Å². The van der Waals surface area contributed by atoms with Gasteiger partial charge in [-0.05, 0) is 31.9 Å². The molecule has 16 heavy (non-hydrogen) atoms. The van der Waals surface area contributed by atoms with E-state index in [2.05, 4.69) is 21.5 Å². The van der Waals surface area contributed by atoms with E-state index in [0.717, 1.165) is 5.25 Å². The molecule has 0 aromatic carbocycles. The lowest BCUT2D eigenvalue weighted by Crippen LogP contribution is -2.27. The van der Waals surface area contributed by atoms with Crippen LogP contribution in [0, 0.1) is 0 Å². The Morgan fingerprint density at radius 3 is 2.44 bits per heavy atom. The zero-order valence-corrected chi connectivity index (χ0v) is 10.9. The van der Waals surface area contributed by atoms with Gasteiger partial charge in [0.25, 0.3) is 0 Å². The number of halogens is 1. The Balaban J connectivity index is 1.84. The van der Waals surface area contributed by atoms with Gasteiger partial charge in [-0.1, -0.05) is 11.6 Å². The second-order valence-electron chi connectivity index (χ2n) is 4.08. The average molecular weight is 258 g/mol. The van der Waals surface area contributed by atoms with Gasteiger partial charge < -0.3 is 5.32 Å². The fourth-order valence-electron chi connectivity index (χ4n) is 2.01. The van der Waals surface area contributed by atoms with Crippen LogP contribution in [-0.2, 0) is 0 Å². The summed E-state index contributed by atoms with van der Waals surface area (Å²) in [6.07, 6.45) is 10.4. The predicted octanol–water partition coefficient (Wildman–Crippen LogP) is 3.22. The number of hydrogen-bond acceptors (Lipinski definition) is 4. The molecule has 1 aliphatic carbocycles. The molecule has 0 bridgehead atoms. The molecule has 1 aliphatic rings. The lowest BCUT2D eigenvalue weighted by molar-refractivity contribution is 0.471. The number of anilines is 1. The van der Waals surface area contributed by atoms with Crippen LogP contribution in [0.15, 0.2) is 12.4 Å². The molecule has 88 valence electrons. The van der Waals surface area contributed by atoms with Crippen molar-refractivity contribution >= 4 is 29.3 Å². The molecule has 1 heterocycles. The van der Waals surface area contributed by atoms with Crippen LogP contribution in [0.3, 0.4) is 0 Å². The minimum atomic E-state index is 0.518. The average Bonchev–Trinajstić information content (AvgIpc) is 2.33. The number of aromatic nitrogens is 2. The van der Waals surface area contributed by atoms with Gasteiger partial charge in [0.1, 0.15) is 0 Å². The number of hydrogen-bond donors (Lipinski definition) is 1. The molecule has 0 radical (unpaired) electrons. The zero-order valence-electron chi connectivity index (χ0n) is 9.32. The molecule has 1 saturated carbocycles. The highest BCUT2D eigenvalue weighted by molar-refractivity contribution is 7.99. The van der Waals surface area contributed by atoms with E-state index in [1.54, 1.807) is 12.4 Å². The highest BCUT2D eigenvalue weighted by atomic mass is 35.5. The Bertz CT molecular complexity index is 323. The maximum Gasteiger partial charge on any atom is 0.222 e. The summed E-state index contributed by atoms with van der Waals surface area (Å²) >= 11 is 7.72. The summed E-state index contributed by atoms with van der Waals surface area (Å²) in [7, 11) is 0. The van der Waals surface area contributed by atoms with Crippen LogP contribution >= 0.6 is 23.4 Å². The van der Waals surface area contributed by atoms with Crippen LogP contribution < -0.4 is 5.32 Å². The van der Waals surface area contributed by atoms with Crippen molar-refractivity contribution in [2.45, 2.75) is 37.0 Å². The van der Waals surface area contributed by atoms with Crippen LogP contribution in [-0.4, -0.2) is 27.5 Å². The smallest absolute Gasteiger partial charge is 0.222 e. The summed E-state index contributed by atoms with van der Waals surface area (Å²) in [6.45, 7) is 0. The molecule has 0 amide bonds. The molecule has 1 aromatic rings. The third-order valence-corrected chi connectivity index (χ3v) is 4.29. The Morgan fingerprint density at radius 1 is 1.25 bits per heavy atom. The normalized spacial score (nSPS) is 25.4. The summed E-state index contributed by atoms with van der Waals surface area (Å²) in [5.41, 5.74) is 0. The van der Waals surface area contributed by atoms with Crippen LogP contribution in [0.4, 0.5) is 5.95 Å². The van der Waals surface area contributed by atoms with E-state index in [1.807, 2.05) is 11.8 Å². The van der Waals surface area contributed by atoms with E-state index in [9.17, 15) is 0 Å². The van der Waals surface area contributed by atoms with Gasteiger partial charge in [0.15, 0.2) is 0 Å². The third-order valence-electron chi connectivity index (χ3n) is 2.96. The first-order valence-electron chi connectivity index (χ1n) is 5.55. The van der Waals surface area contributed by atoms with Gasteiger partial charge in [0, 0.05) is 11.3 Å². The van der Waals surface area contributed by atoms with Crippen molar-refractivity contribution in [3.05, 3.63) is 17.4 Å². The first kappa shape index (κ1) is 12.0. The maximum absolute atomic E-state index is 5.74. The molecule has 2 rings (SSSR count). The molecule has 1 fully saturated rings.